The summed E-state index contributed by atoms with van der Waals surface area (Å²) in [7, 11) is 0. The number of Topliss-reactive ketones (excluding diaryl/α,β-unsaturated/α-hetero) is 1. The van der Waals surface area contributed by atoms with Crippen LogP contribution in [0, 0.1) is 5.92 Å². The molecule has 3 aromatic rings. The molecule has 0 bridgehead atoms. The number of rotatable bonds is 5. The average molecular weight is 454 g/mol. The van der Waals surface area contributed by atoms with Crippen LogP contribution in [-0.4, -0.2) is 23.1 Å². The second-order valence-electron chi connectivity index (χ2n) is 6.97. The zero-order valence-electron chi connectivity index (χ0n) is 16.2. The van der Waals surface area contributed by atoms with Crippen LogP contribution in [0.2, 0.25) is 10.0 Å². The molecule has 4 rings (SSSR count). The van der Waals surface area contributed by atoms with Crippen molar-refractivity contribution in [1.82, 2.24) is 4.98 Å². The molecular formula is C23H17Cl2N3O3. The number of nitrogens with one attached hydrogen (secondary N) is 1. The number of pyridine rings is 1. The summed E-state index contributed by atoms with van der Waals surface area (Å²) in [5, 5.41) is 3.45. The highest BCUT2D eigenvalue weighted by atomic mass is 35.5. The van der Waals surface area contributed by atoms with Gasteiger partial charge < -0.3 is 4.74 Å². The minimum Gasteiger partial charge on any atom is -0.444 e. The van der Waals surface area contributed by atoms with Gasteiger partial charge in [0, 0.05) is 11.8 Å². The largest absolute Gasteiger partial charge is 0.444 e. The zero-order chi connectivity index (χ0) is 21.8. The number of fused-ring (bicyclic) bond motifs is 1. The fourth-order valence-corrected chi connectivity index (χ4v) is 3.50. The van der Waals surface area contributed by atoms with Gasteiger partial charge >= 0.3 is 6.09 Å². The molecule has 0 fully saturated rings. The van der Waals surface area contributed by atoms with Crippen LogP contribution in [0.4, 0.5) is 16.3 Å². The Bertz CT molecular complexity index is 1170. The second kappa shape index (κ2) is 9.29. The van der Waals surface area contributed by atoms with Crippen molar-refractivity contribution in [2.75, 3.05) is 5.32 Å². The summed E-state index contributed by atoms with van der Waals surface area (Å²) in [4.78, 5) is 33.6. The van der Waals surface area contributed by atoms with Crippen LogP contribution in [-0.2, 0) is 17.8 Å². The fourth-order valence-electron chi connectivity index (χ4n) is 3.18. The third-order valence-corrected chi connectivity index (χ3v) is 5.50. The Morgan fingerprint density at radius 1 is 1.03 bits per heavy atom. The highest BCUT2D eigenvalue weighted by molar-refractivity contribution is 6.42. The molecule has 1 N–H and O–H groups in total. The molecule has 0 saturated carbocycles. The molecule has 0 radical (unpaired) electrons. The summed E-state index contributed by atoms with van der Waals surface area (Å²) in [6.45, 7) is 0.132. The Kier molecular flexibility index (Phi) is 6.30. The number of ether oxygens (including phenoxy) is 1. The number of aromatic nitrogens is 1. The van der Waals surface area contributed by atoms with Gasteiger partial charge in [-0.2, -0.15) is 0 Å². The first-order chi connectivity index (χ1) is 15.0. The summed E-state index contributed by atoms with van der Waals surface area (Å²) in [5.41, 5.74) is 2.59. The smallest absolute Gasteiger partial charge is 0.413 e. The number of anilines is 1. The maximum Gasteiger partial charge on any atom is 0.413 e. The van der Waals surface area contributed by atoms with E-state index in [9.17, 15) is 9.59 Å². The Hall–Kier alpha value is -3.22. The van der Waals surface area contributed by atoms with Crippen molar-refractivity contribution >= 4 is 52.8 Å². The summed E-state index contributed by atoms with van der Waals surface area (Å²) in [5.74, 6) is -0.347. The number of ketones is 1. The molecule has 31 heavy (non-hydrogen) atoms. The average Bonchev–Trinajstić information content (AvgIpc) is 2.78. The van der Waals surface area contributed by atoms with Crippen molar-refractivity contribution in [3.05, 3.63) is 87.5 Å². The summed E-state index contributed by atoms with van der Waals surface area (Å²) >= 11 is 12.0. The van der Waals surface area contributed by atoms with Crippen LogP contribution in [0.1, 0.15) is 21.5 Å². The number of carbonyl (C=O) groups excluding carboxylic acids is 2. The quantitative estimate of drug-likeness (QED) is 0.521. The van der Waals surface area contributed by atoms with Crippen molar-refractivity contribution in [2.45, 2.75) is 13.0 Å². The predicted octanol–water partition coefficient (Wildman–Crippen LogP) is 5.89. The maximum absolute atomic E-state index is 13.0. The lowest BCUT2D eigenvalue weighted by Crippen LogP contribution is -2.23. The number of halogens is 2. The van der Waals surface area contributed by atoms with E-state index in [1.807, 2.05) is 36.4 Å². The van der Waals surface area contributed by atoms with Crippen LogP contribution in [0.5, 0.6) is 0 Å². The van der Waals surface area contributed by atoms with Gasteiger partial charge in [-0.05, 0) is 35.7 Å². The van der Waals surface area contributed by atoms with Gasteiger partial charge in [0.15, 0.2) is 5.78 Å². The van der Waals surface area contributed by atoms with E-state index >= 15 is 0 Å². The van der Waals surface area contributed by atoms with Crippen LogP contribution >= 0.6 is 23.2 Å². The lowest BCUT2D eigenvalue weighted by atomic mass is 9.90. The molecule has 2 aromatic carbocycles. The third-order valence-electron chi connectivity index (χ3n) is 4.76. The van der Waals surface area contributed by atoms with E-state index in [0.717, 1.165) is 11.1 Å². The number of hydrogen-bond acceptors (Lipinski definition) is 5. The lowest BCUT2D eigenvalue weighted by Gasteiger charge is -2.18. The minimum atomic E-state index is -0.657. The van der Waals surface area contributed by atoms with E-state index in [1.54, 1.807) is 18.3 Å². The van der Waals surface area contributed by atoms with E-state index in [0.29, 0.717) is 27.7 Å². The zero-order valence-corrected chi connectivity index (χ0v) is 17.7. The van der Waals surface area contributed by atoms with E-state index in [1.165, 1.54) is 12.3 Å². The SMILES string of the molecule is O=C(Nc1cc2c(cn1)N=CC(Cc1ccc(Cl)c(Cl)c1)C2=O)OCc1ccccc1. The normalized spacial score (nSPS) is 14.8. The first-order valence-corrected chi connectivity index (χ1v) is 10.3. The molecule has 0 aliphatic carbocycles. The Morgan fingerprint density at radius 2 is 1.84 bits per heavy atom. The van der Waals surface area contributed by atoms with Gasteiger partial charge in [0.2, 0.25) is 0 Å². The van der Waals surface area contributed by atoms with Crippen LogP contribution in [0.25, 0.3) is 0 Å². The molecule has 1 atom stereocenters. The third kappa shape index (κ3) is 5.10. The van der Waals surface area contributed by atoms with E-state index in [4.69, 9.17) is 27.9 Å². The van der Waals surface area contributed by atoms with Crippen molar-refractivity contribution in [2.24, 2.45) is 10.9 Å². The van der Waals surface area contributed by atoms with E-state index < -0.39 is 12.0 Å². The fraction of sp³-hybridized carbons (Fsp3) is 0.130. The number of benzene rings is 2. The second-order valence-corrected chi connectivity index (χ2v) is 7.79. The molecular weight excluding hydrogens is 437 g/mol. The number of hydrogen-bond donors (Lipinski definition) is 1. The van der Waals surface area contributed by atoms with Gasteiger partial charge in [-0.15, -0.1) is 0 Å². The lowest BCUT2D eigenvalue weighted by molar-refractivity contribution is 0.0954. The first-order valence-electron chi connectivity index (χ1n) is 9.49. The molecule has 2 heterocycles. The highest BCUT2D eigenvalue weighted by Gasteiger charge is 2.26. The Balaban J connectivity index is 1.43. The van der Waals surface area contributed by atoms with Crippen LogP contribution in [0.3, 0.4) is 0 Å². The Labute approximate surface area is 188 Å². The van der Waals surface area contributed by atoms with Gasteiger partial charge in [-0.1, -0.05) is 59.6 Å². The van der Waals surface area contributed by atoms with Crippen molar-refractivity contribution < 1.29 is 14.3 Å². The number of carbonyl (C=O) groups is 2. The van der Waals surface area contributed by atoms with E-state index in [-0.39, 0.29) is 18.2 Å². The van der Waals surface area contributed by atoms with Gasteiger partial charge in [0.05, 0.1) is 27.8 Å². The first kappa shape index (κ1) is 21.0. The topological polar surface area (TPSA) is 80.7 Å². The molecule has 1 unspecified atom stereocenters. The molecule has 1 aliphatic rings. The molecule has 8 heteroatoms. The summed E-state index contributed by atoms with van der Waals surface area (Å²) < 4.78 is 5.20. The van der Waals surface area contributed by atoms with Crippen LogP contribution in [0.15, 0.2) is 65.8 Å². The van der Waals surface area contributed by atoms with Crippen molar-refractivity contribution in [3.8, 4) is 0 Å². The minimum absolute atomic E-state index is 0.112. The summed E-state index contributed by atoms with van der Waals surface area (Å²) in [6.07, 6.45) is 2.83. The molecule has 1 amide bonds. The molecule has 6 nitrogen and oxygen atoms in total. The molecule has 1 aromatic heterocycles. The van der Waals surface area contributed by atoms with Gasteiger partial charge in [0.25, 0.3) is 0 Å². The molecule has 0 saturated heterocycles. The number of nitrogens with zero attached hydrogens (tertiary/aromatic N) is 2. The predicted molar refractivity (Wildman–Crippen MR) is 121 cm³/mol. The van der Waals surface area contributed by atoms with E-state index in [2.05, 4.69) is 15.3 Å². The number of aliphatic imine (C=N–C) groups is 1. The molecule has 1 aliphatic heterocycles. The van der Waals surface area contributed by atoms with Gasteiger partial charge in [-0.25, -0.2) is 9.78 Å². The molecule has 156 valence electrons. The molecule has 0 spiro atoms. The maximum atomic E-state index is 13.0. The standard InChI is InChI=1S/C23H17Cl2N3O3/c24-18-7-6-15(9-19(18)25)8-16-11-26-20-12-27-21(10-17(20)22(16)29)28-23(30)31-13-14-4-2-1-3-5-14/h1-7,9-12,16H,8,13H2,(H,27,28,30). The van der Waals surface area contributed by atoms with Crippen molar-refractivity contribution in [3.63, 3.8) is 0 Å². The van der Waals surface area contributed by atoms with Crippen molar-refractivity contribution in [1.29, 1.82) is 0 Å². The highest BCUT2D eigenvalue weighted by Crippen LogP contribution is 2.30. The number of amides is 1. The Morgan fingerprint density at radius 3 is 2.61 bits per heavy atom. The van der Waals surface area contributed by atoms with Gasteiger partial charge in [-0.3, -0.25) is 15.1 Å². The van der Waals surface area contributed by atoms with Gasteiger partial charge in [0.1, 0.15) is 12.4 Å². The van der Waals surface area contributed by atoms with Crippen LogP contribution < -0.4 is 5.32 Å². The summed E-state index contributed by atoms with van der Waals surface area (Å²) in [6, 6.07) is 16.1. The monoisotopic (exact) mass is 453 g/mol.